The Balaban J connectivity index is 3.13. The molecule has 0 heterocycles. The molecule has 0 spiro atoms. The van der Waals surface area contributed by atoms with Gasteiger partial charge in [0.2, 0.25) is 0 Å². The normalized spacial score (nSPS) is 10.5. The zero-order valence-corrected chi connectivity index (χ0v) is 14.4. The molecular weight excluding hydrogens is 298 g/mol. The zero-order valence-electron chi connectivity index (χ0n) is 14.4. The Morgan fingerprint density at radius 3 is 2.22 bits per heavy atom. The molecule has 0 saturated heterocycles. The van der Waals surface area contributed by atoms with Crippen LogP contribution in [0, 0.1) is 12.8 Å². The van der Waals surface area contributed by atoms with Crippen molar-refractivity contribution in [2.24, 2.45) is 5.92 Å². The number of aryl methyl sites for hydroxylation is 1. The quantitative estimate of drug-likeness (QED) is 0.796. The number of rotatable bonds is 8. The molecule has 0 bridgehead atoms. The molecule has 0 unspecified atom stereocenters. The number of carbonyl (C=O) groups is 2. The van der Waals surface area contributed by atoms with Crippen LogP contribution in [0.1, 0.15) is 36.2 Å². The van der Waals surface area contributed by atoms with Crippen LogP contribution in [0.5, 0.6) is 11.5 Å². The van der Waals surface area contributed by atoms with Crippen molar-refractivity contribution in [2.45, 2.75) is 27.2 Å². The number of amides is 1. The molecule has 6 nitrogen and oxygen atoms in total. The van der Waals surface area contributed by atoms with Crippen LogP contribution in [0.3, 0.4) is 0 Å². The third-order valence-electron chi connectivity index (χ3n) is 3.43. The van der Waals surface area contributed by atoms with Crippen molar-refractivity contribution >= 4 is 11.9 Å². The SMILES string of the molecule is COc1cc(C)c(C(=O)N(CCC(=O)O)CC(C)C)cc1OC. The molecule has 1 N–H and O–H groups in total. The van der Waals surface area contributed by atoms with Crippen LogP contribution in [-0.4, -0.2) is 49.2 Å². The van der Waals surface area contributed by atoms with E-state index >= 15 is 0 Å². The number of hydrogen-bond acceptors (Lipinski definition) is 4. The maximum absolute atomic E-state index is 12.8. The molecule has 0 aliphatic carbocycles. The summed E-state index contributed by atoms with van der Waals surface area (Å²) >= 11 is 0. The lowest BCUT2D eigenvalue weighted by Crippen LogP contribution is -2.36. The molecular formula is C17H25NO5. The molecule has 1 amide bonds. The lowest BCUT2D eigenvalue weighted by atomic mass is 10.0. The lowest BCUT2D eigenvalue weighted by molar-refractivity contribution is -0.137. The van der Waals surface area contributed by atoms with Gasteiger partial charge in [-0.2, -0.15) is 0 Å². The minimum atomic E-state index is -0.921. The number of nitrogens with zero attached hydrogens (tertiary/aromatic N) is 1. The minimum absolute atomic E-state index is 0.0786. The summed E-state index contributed by atoms with van der Waals surface area (Å²) in [6.45, 7) is 6.48. The number of aliphatic carboxylic acids is 1. The van der Waals surface area contributed by atoms with Crippen molar-refractivity contribution in [3.05, 3.63) is 23.3 Å². The summed E-state index contributed by atoms with van der Waals surface area (Å²) in [5.41, 5.74) is 1.26. The van der Waals surface area contributed by atoms with Gasteiger partial charge in [0, 0.05) is 18.7 Å². The summed E-state index contributed by atoms with van der Waals surface area (Å²) < 4.78 is 10.5. The maximum Gasteiger partial charge on any atom is 0.305 e. The molecule has 0 saturated carbocycles. The van der Waals surface area contributed by atoms with E-state index < -0.39 is 5.97 Å². The first-order valence-electron chi connectivity index (χ1n) is 7.53. The van der Waals surface area contributed by atoms with Gasteiger partial charge >= 0.3 is 5.97 Å². The highest BCUT2D eigenvalue weighted by molar-refractivity contribution is 5.96. The van der Waals surface area contributed by atoms with E-state index in [1.54, 1.807) is 17.0 Å². The first-order valence-corrected chi connectivity index (χ1v) is 7.53. The average Bonchev–Trinajstić information content (AvgIpc) is 2.49. The summed E-state index contributed by atoms with van der Waals surface area (Å²) in [6.07, 6.45) is -0.0786. The second-order valence-corrected chi connectivity index (χ2v) is 5.81. The van der Waals surface area contributed by atoms with Gasteiger partial charge < -0.3 is 19.5 Å². The Labute approximate surface area is 137 Å². The number of ether oxygens (including phenoxy) is 2. The molecule has 6 heteroatoms. The van der Waals surface area contributed by atoms with Crippen LogP contribution in [0.15, 0.2) is 12.1 Å². The van der Waals surface area contributed by atoms with Gasteiger partial charge in [-0.1, -0.05) is 13.8 Å². The Morgan fingerprint density at radius 2 is 1.74 bits per heavy atom. The van der Waals surface area contributed by atoms with E-state index in [9.17, 15) is 9.59 Å². The van der Waals surface area contributed by atoms with Crippen LogP contribution < -0.4 is 9.47 Å². The second-order valence-electron chi connectivity index (χ2n) is 5.81. The fraction of sp³-hybridized carbons (Fsp3) is 0.529. The molecule has 0 aliphatic rings. The Morgan fingerprint density at radius 1 is 1.17 bits per heavy atom. The summed E-state index contributed by atoms with van der Waals surface area (Å²) in [5.74, 6) is 0.161. The van der Waals surface area contributed by atoms with Gasteiger partial charge in [-0.15, -0.1) is 0 Å². The fourth-order valence-electron chi connectivity index (χ4n) is 2.33. The van der Waals surface area contributed by atoms with Crippen molar-refractivity contribution in [1.82, 2.24) is 4.90 Å². The molecule has 128 valence electrons. The average molecular weight is 323 g/mol. The van der Waals surface area contributed by atoms with Crippen LogP contribution >= 0.6 is 0 Å². The van der Waals surface area contributed by atoms with Gasteiger partial charge in [0.1, 0.15) is 0 Å². The van der Waals surface area contributed by atoms with Gasteiger partial charge in [-0.05, 0) is 30.5 Å². The molecule has 1 aromatic carbocycles. The highest BCUT2D eigenvalue weighted by atomic mass is 16.5. The smallest absolute Gasteiger partial charge is 0.305 e. The first-order chi connectivity index (χ1) is 10.8. The molecule has 1 rings (SSSR count). The molecule has 0 aliphatic heterocycles. The zero-order chi connectivity index (χ0) is 17.6. The topological polar surface area (TPSA) is 76.1 Å². The Hall–Kier alpha value is -2.24. The number of carboxylic acid groups (broad SMARTS) is 1. The third kappa shape index (κ3) is 5.16. The van der Waals surface area contributed by atoms with Crippen LogP contribution in [0.25, 0.3) is 0 Å². The Bertz CT molecular complexity index is 568. The number of benzene rings is 1. The fourth-order valence-corrected chi connectivity index (χ4v) is 2.33. The molecule has 0 atom stereocenters. The van der Waals surface area contributed by atoms with Gasteiger partial charge in [-0.3, -0.25) is 9.59 Å². The number of methoxy groups -OCH3 is 2. The van der Waals surface area contributed by atoms with E-state index in [4.69, 9.17) is 14.6 Å². The van der Waals surface area contributed by atoms with Crippen molar-refractivity contribution < 1.29 is 24.2 Å². The predicted molar refractivity (Wildman–Crippen MR) is 87.3 cm³/mol. The van der Waals surface area contributed by atoms with E-state index in [1.807, 2.05) is 20.8 Å². The van der Waals surface area contributed by atoms with Crippen molar-refractivity contribution in [2.75, 3.05) is 27.3 Å². The number of carboxylic acids is 1. The van der Waals surface area contributed by atoms with E-state index in [1.165, 1.54) is 14.2 Å². The molecule has 1 aromatic rings. The summed E-state index contributed by atoms with van der Waals surface area (Å²) in [5, 5.41) is 8.88. The highest BCUT2D eigenvalue weighted by Gasteiger charge is 2.21. The van der Waals surface area contributed by atoms with Gasteiger partial charge in [0.25, 0.3) is 5.91 Å². The van der Waals surface area contributed by atoms with E-state index in [2.05, 4.69) is 0 Å². The van der Waals surface area contributed by atoms with Gasteiger partial charge in [0.05, 0.1) is 20.6 Å². The maximum atomic E-state index is 12.8. The first kappa shape index (κ1) is 18.8. The van der Waals surface area contributed by atoms with Crippen molar-refractivity contribution in [1.29, 1.82) is 0 Å². The van der Waals surface area contributed by atoms with Crippen LogP contribution in [0.4, 0.5) is 0 Å². The molecule has 0 radical (unpaired) electrons. The second kappa shape index (κ2) is 8.41. The summed E-state index contributed by atoms with van der Waals surface area (Å²) in [4.78, 5) is 25.2. The number of hydrogen-bond donors (Lipinski definition) is 1. The van der Waals surface area contributed by atoms with Crippen molar-refractivity contribution in [3.63, 3.8) is 0 Å². The Kier molecular flexibility index (Phi) is 6.88. The van der Waals surface area contributed by atoms with E-state index in [0.29, 0.717) is 23.6 Å². The largest absolute Gasteiger partial charge is 0.493 e. The van der Waals surface area contributed by atoms with E-state index in [0.717, 1.165) is 5.56 Å². The highest BCUT2D eigenvalue weighted by Crippen LogP contribution is 2.31. The number of carbonyl (C=O) groups excluding carboxylic acids is 1. The standard InChI is InChI=1S/C17H25NO5/c1-11(2)10-18(7-6-16(19)20)17(21)13-9-15(23-5)14(22-4)8-12(13)3/h8-9,11H,6-7,10H2,1-5H3,(H,19,20). The molecule has 23 heavy (non-hydrogen) atoms. The van der Waals surface area contributed by atoms with Gasteiger partial charge in [-0.25, -0.2) is 0 Å². The van der Waals surface area contributed by atoms with Crippen LogP contribution in [0.2, 0.25) is 0 Å². The van der Waals surface area contributed by atoms with Crippen molar-refractivity contribution in [3.8, 4) is 11.5 Å². The van der Waals surface area contributed by atoms with Gasteiger partial charge in [0.15, 0.2) is 11.5 Å². The summed E-state index contributed by atoms with van der Waals surface area (Å²) in [7, 11) is 3.05. The molecule has 0 fully saturated rings. The van der Waals surface area contributed by atoms with E-state index in [-0.39, 0.29) is 24.8 Å². The molecule has 0 aromatic heterocycles. The third-order valence-corrected chi connectivity index (χ3v) is 3.43. The lowest BCUT2D eigenvalue weighted by Gasteiger charge is -2.25. The van der Waals surface area contributed by atoms with Crippen LogP contribution in [-0.2, 0) is 4.79 Å². The predicted octanol–water partition coefficient (Wildman–Crippen LogP) is 2.59. The minimum Gasteiger partial charge on any atom is -0.493 e. The summed E-state index contributed by atoms with van der Waals surface area (Å²) in [6, 6.07) is 3.39. The monoisotopic (exact) mass is 323 g/mol.